The molecule has 5 unspecified atom stereocenters. The molecule has 37 heavy (non-hydrogen) atoms. The molecule has 0 saturated carbocycles. The lowest BCUT2D eigenvalue weighted by Crippen LogP contribution is -2.49. The molecule has 190 valence electrons. The number of nitrogens with one attached hydrogen (secondary N) is 1. The van der Waals surface area contributed by atoms with Crippen LogP contribution in [0, 0.1) is 5.92 Å². The van der Waals surface area contributed by atoms with Gasteiger partial charge >= 0.3 is 0 Å². The number of ether oxygens (including phenoxy) is 1. The van der Waals surface area contributed by atoms with E-state index in [4.69, 9.17) is 4.74 Å². The molecule has 3 aromatic carbocycles. The first kappa shape index (κ1) is 24.9. The summed E-state index contributed by atoms with van der Waals surface area (Å²) < 4.78 is 5.71. The molecule has 2 aliphatic heterocycles. The number of nitrogens with zero attached hydrogens (tertiary/aromatic N) is 1. The summed E-state index contributed by atoms with van der Waals surface area (Å²) in [6.07, 6.45) is 1.84. The predicted octanol–water partition coefficient (Wildman–Crippen LogP) is 4.54. The van der Waals surface area contributed by atoms with Crippen molar-refractivity contribution in [2.24, 2.45) is 5.92 Å². The fraction of sp³-hybridized carbons (Fsp3) is 0.323. The summed E-state index contributed by atoms with van der Waals surface area (Å²) >= 11 is 0. The molecule has 0 aliphatic carbocycles. The Morgan fingerprint density at radius 3 is 2.03 bits per heavy atom. The molecule has 6 nitrogen and oxygen atoms in total. The highest BCUT2D eigenvalue weighted by Crippen LogP contribution is 2.51. The lowest BCUT2D eigenvalue weighted by molar-refractivity contribution is -0.139. The zero-order valence-electron chi connectivity index (χ0n) is 21.0. The summed E-state index contributed by atoms with van der Waals surface area (Å²) in [7, 11) is 0. The molecular weight excluding hydrogens is 464 g/mol. The first-order valence-electron chi connectivity index (χ1n) is 12.9. The van der Waals surface area contributed by atoms with Crippen molar-refractivity contribution in [2.75, 3.05) is 13.2 Å². The number of carbonyl (C=O) groups excluding carboxylic acids is 3. The van der Waals surface area contributed by atoms with Crippen molar-refractivity contribution in [3.05, 3.63) is 108 Å². The Morgan fingerprint density at radius 2 is 1.46 bits per heavy atom. The van der Waals surface area contributed by atoms with Gasteiger partial charge < -0.3 is 15.0 Å². The van der Waals surface area contributed by atoms with Crippen molar-refractivity contribution >= 4 is 17.6 Å². The zero-order chi connectivity index (χ0) is 25.8. The van der Waals surface area contributed by atoms with Gasteiger partial charge in [-0.25, -0.2) is 0 Å². The molecule has 3 aromatic rings. The van der Waals surface area contributed by atoms with E-state index in [1.54, 1.807) is 17.0 Å². The first-order valence-corrected chi connectivity index (χ1v) is 12.9. The molecule has 6 heteroatoms. The van der Waals surface area contributed by atoms with Crippen LogP contribution in [0.5, 0.6) is 0 Å². The number of likely N-dealkylation sites (tertiary alicyclic amines) is 1. The highest BCUT2D eigenvalue weighted by atomic mass is 16.5. The van der Waals surface area contributed by atoms with Gasteiger partial charge in [-0.15, -0.1) is 0 Å². The summed E-state index contributed by atoms with van der Waals surface area (Å²) in [5, 5.41) is 3.05. The van der Waals surface area contributed by atoms with Crippen molar-refractivity contribution in [3.8, 4) is 0 Å². The van der Waals surface area contributed by atoms with Crippen LogP contribution in [-0.4, -0.2) is 47.8 Å². The van der Waals surface area contributed by atoms with Crippen LogP contribution >= 0.6 is 0 Å². The number of rotatable bonds is 7. The van der Waals surface area contributed by atoms with E-state index in [1.807, 2.05) is 78.9 Å². The third-order valence-corrected chi connectivity index (χ3v) is 7.51. The maximum atomic E-state index is 14.2. The molecular formula is C31H32N2O4. The van der Waals surface area contributed by atoms with Gasteiger partial charge in [-0.3, -0.25) is 14.4 Å². The van der Waals surface area contributed by atoms with E-state index in [2.05, 4.69) is 5.32 Å². The van der Waals surface area contributed by atoms with Crippen molar-refractivity contribution < 1.29 is 19.1 Å². The van der Waals surface area contributed by atoms with E-state index in [9.17, 15) is 14.4 Å². The van der Waals surface area contributed by atoms with E-state index >= 15 is 0 Å². The minimum Gasteiger partial charge on any atom is -0.376 e. The Labute approximate surface area is 217 Å². The summed E-state index contributed by atoms with van der Waals surface area (Å²) in [6.45, 7) is 2.56. The molecule has 0 aromatic heterocycles. The highest BCUT2D eigenvalue weighted by Gasteiger charge is 2.56. The van der Waals surface area contributed by atoms with E-state index in [0.29, 0.717) is 18.7 Å². The smallest absolute Gasteiger partial charge is 0.243 e. The number of carbonyl (C=O) groups is 3. The third kappa shape index (κ3) is 5.07. The van der Waals surface area contributed by atoms with Gasteiger partial charge in [0.05, 0.1) is 18.1 Å². The van der Waals surface area contributed by atoms with Crippen molar-refractivity contribution in [2.45, 2.75) is 43.9 Å². The van der Waals surface area contributed by atoms with Crippen LogP contribution in [0.3, 0.4) is 0 Å². The van der Waals surface area contributed by atoms with E-state index in [-0.39, 0.29) is 23.7 Å². The Balaban J connectivity index is 1.63. The number of hydrogen-bond donors (Lipinski definition) is 1. The number of amides is 2. The standard InChI is InChI=1S/C31H32N2O4/c1-21(34)33-28(23-14-7-3-8-15-23)27(30(35)24-16-9-4-10-17-24)26(22-12-5-2-6-13-22)29(33)31(36)32-20-25-18-11-19-37-25/h2-10,12-17,25-29H,11,18-20H2,1H3,(H,32,36). The molecule has 5 atom stereocenters. The molecule has 5 rings (SSSR count). The summed E-state index contributed by atoms with van der Waals surface area (Å²) in [6, 6.07) is 26.9. The van der Waals surface area contributed by atoms with Gasteiger partial charge in [0.1, 0.15) is 6.04 Å². The number of benzene rings is 3. The number of hydrogen-bond acceptors (Lipinski definition) is 4. The predicted molar refractivity (Wildman–Crippen MR) is 141 cm³/mol. The second kappa shape index (κ2) is 11.1. The third-order valence-electron chi connectivity index (χ3n) is 7.51. The summed E-state index contributed by atoms with van der Waals surface area (Å²) in [5.74, 6) is -1.75. The van der Waals surface area contributed by atoms with Gasteiger partial charge in [0.2, 0.25) is 11.8 Å². The van der Waals surface area contributed by atoms with Gasteiger partial charge in [-0.2, -0.15) is 0 Å². The Kier molecular flexibility index (Phi) is 7.47. The van der Waals surface area contributed by atoms with Gasteiger partial charge in [0.25, 0.3) is 0 Å². The van der Waals surface area contributed by atoms with Crippen LogP contribution in [0.1, 0.15) is 53.2 Å². The lowest BCUT2D eigenvalue weighted by Gasteiger charge is -2.31. The number of Topliss-reactive ketones (excluding diaryl/α,β-unsaturated/α-hetero) is 1. The fourth-order valence-electron chi connectivity index (χ4n) is 5.90. The van der Waals surface area contributed by atoms with Crippen LogP contribution in [0.25, 0.3) is 0 Å². The van der Waals surface area contributed by atoms with Crippen molar-refractivity contribution in [3.63, 3.8) is 0 Å². The summed E-state index contributed by atoms with van der Waals surface area (Å²) in [5.41, 5.74) is 2.26. The maximum absolute atomic E-state index is 14.2. The van der Waals surface area contributed by atoms with Gasteiger partial charge in [0.15, 0.2) is 5.78 Å². The molecule has 1 N–H and O–H groups in total. The van der Waals surface area contributed by atoms with Crippen molar-refractivity contribution in [1.82, 2.24) is 10.2 Å². The first-order chi connectivity index (χ1) is 18.1. The normalized spacial score (nSPS) is 25.1. The quantitative estimate of drug-likeness (QED) is 0.488. The van der Waals surface area contributed by atoms with E-state index in [1.165, 1.54) is 6.92 Å². The second-order valence-corrected chi connectivity index (χ2v) is 9.80. The summed E-state index contributed by atoms with van der Waals surface area (Å²) in [4.78, 5) is 43.1. The van der Waals surface area contributed by atoms with Gasteiger partial charge in [0, 0.05) is 31.6 Å². The molecule has 2 amide bonds. The van der Waals surface area contributed by atoms with Crippen LogP contribution in [0.4, 0.5) is 0 Å². The highest BCUT2D eigenvalue weighted by molar-refractivity contribution is 6.01. The van der Waals surface area contributed by atoms with E-state index in [0.717, 1.165) is 24.0 Å². The molecule has 2 saturated heterocycles. The Hall–Kier alpha value is -3.77. The average molecular weight is 497 g/mol. The molecule has 2 aliphatic rings. The monoisotopic (exact) mass is 496 g/mol. The Bertz CT molecular complexity index is 1230. The topological polar surface area (TPSA) is 75.7 Å². The maximum Gasteiger partial charge on any atom is 0.243 e. The Morgan fingerprint density at radius 1 is 0.865 bits per heavy atom. The van der Waals surface area contributed by atoms with Gasteiger partial charge in [-0.05, 0) is 24.0 Å². The SMILES string of the molecule is CC(=O)N1C(C(=O)NCC2CCCO2)C(c2ccccc2)C(C(=O)c2ccccc2)C1c1ccccc1. The van der Waals surface area contributed by atoms with Gasteiger partial charge in [-0.1, -0.05) is 91.0 Å². The van der Waals surface area contributed by atoms with Crippen LogP contribution < -0.4 is 5.32 Å². The molecule has 0 radical (unpaired) electrons. The average Bonchev–Trinajstić information content (AvgIpc) is 3.59. The largest absolute Gasteiger partial charge is 0.376 e. The zero-order valence-corrected chi connectivity index (χ0v) is 21.0. The number of ketones is 1. The molecule has 0 spiro atoms. The molecule has 2 fully saturated rings. The van der Waals surface area contributed by atoms with Crippen LogP contribution in [-0.2, 0) is 14.3 Å². The molecule has 0 bridgehead atoms. The van der Waals surface area contributed by atoms with Crippen LogP contribution in [0.15, 0.2) is 91.0 Å². The van der Waals surface area contributed by atoms with Crippen LogP contribution in [0.2, 0.25) is 0 Å². The minimum absolute atomic E-state index is 0.0297. The minimum atomic E-state index is -0.843. The van der Waals surface area contributed by atoms with Crippen molar-refractivity contribution in [1.29, 1.82) is 0 Å². The molecule has 2 heterocycles. The lowest BCUT2D eigenvalue weighted by atomic mass is 9.76. The fourth-order valence-corrected chi connectivity index (χ4v) is 5.90. The second-order valence-electron chi connectivity index (χ2n) is 9.80. The van der Waals surface area contributed by atoms with E-state index < -0.39 is 23.9 Å².